The third-order valence-electron chi connectivity index (χ3n) is 8.07. The lowest BCUT2D eigenvalue weighted by atomic mass is 10.0. The minimum absolute atomic E-state index is 0.132. The zero-order valence-electron chi connectivity index (χ0n) is 27.4. The number of hydrogen-bond acceptors (Lipinski definition) is 7. The Hall–Kier alpha value is -3.35. The van der Waals surface area contributed by atoms with Crippen LogP contribution < -0.4 is 14.8 Å². The Morgan fingerprint density at radius 2 is 1.89 bits per heavy atom. The maximum absolute atomic E-state index is 14.2. The van der Waals surface area contributed by atoms with Gasteiger partial charge in [-0.3, -0.25) is 14.5 Å². The Bertz CT molecular complexity index is 1260. The molecule has 2 aromatic rings. The van der Waals surface area contributed by atoms with Crippen molar-refractivity contribution in [1.29, 1.82) is 0 Å². The fourth-order valence-electron chi connectivity index (χ4n) is 5.36. The number of amides is 2. The molecule has 0 spiro atoms. The summed E-state index contributed by atoms with van der Waals surface area (Å²) in [5, 5.41) is 12.6. The van der Waals surface area contributed by atoms with Crippen LogP contribution in [0.2, 0.25) is 0 Å². The maximum atomic E-state index is 14.2. The van der Waals surface area contributed by atoms with Gasteiger partial charge >= 0.3 is 6.18 Å². The second kappa shape index (κ2) is 17.5. The Morgan fingerprint density at radius 3 is 2.54 bits per heavy atom. The monoisotopic (exact) mass is 651 g/mol. The number of ether oxygens (including phenoxy) is 3. The van der Waals surface area contributed by atoms with E-state index in [1.54, 1.807) is 25.0 Å². The summed E-state index contributed by atoms with van der Waals surface area (Å²) in [5.41, 5.74) is 1.45. The first-order chi connectivity index (χ1) is 21.8. The van der Waals surface area contributed by atoms with Gasteiger partial charge in [0.05, 0.1) is 44.0 Å². The lowest BCUT2D eigenvalue weighted by molar-refractivity contribution is -0.142. The van der Waals surface area contributed by atoms with Crippen molar-refractivity contribution >= 4 is 17.5 Å². The summed E-state index contributed by atoms with van der Waals surface area (Å²) < 4.78 is 55.8. The number of carbonyl (C=O) groups excluding carboxylic acids is 2. The van der Waals surface area contributed by atoms with Crippen molar-refractivity contribution in [1.82, 2.24) is 9.80 Å². The third kappa shape index (κ3) is 11.8. The van der Waals surface area contributed by atoms with Crippen molar-refractivity contribution < 1.29 is 42.1 Å². The van der Waals surface area contributed by atoms with Crippen LogP contribution in [-0.2, 0) is 16.1 Å². The summed E-state index contributed by atoms with van der Waals surface area (Å²) >= 11 is 0. The molecular weight excluding hydrogens is 603 g/mol. The van der Waals surface area contributed by atoms with Crippen LogP contribution in [0.4, 0.5) is 18.9 Å². The van der Waals surface area contributed by atoms with Gasteiger partial charge in [0.15, 0.2) is 0 Å². The number of alkyl halides is 3. The standard InChI is InChI=1S/C34H48F3N3O6/c1-23-19-40(24(2)22-41)33(43)29-18-27(38-32(42)15-16-34(35,36)37)11-14-30(29)46-25(3)8-6-7-17-45-31(23)21-39(4)20-26-9-12-28(44-5)13-10-26/h9-14,18,23-25,31,41H,6-8,15-17,19-22H2,1-5H3,(H,38,42)/t23-,24-,25+,31+/m0/s1. The molecule has 2 N–H and O–H groups in total. The van der Waals surface area contributed by atoms with Gasteiger partial charge in [-0.2, -0.15) is 13.2 Å². The molecule has 0 fully saturated rings. The summed E-state index contributed by atoms with van der Waals surface area (Å²) in [6.45, 7) is 7.47. The summed E-state index contributed by atoms with van der Waals surface area (Å²) in [5.74, 6) is -0.280. The van der Waals surface area contributed by atoms with Gasteiger partial charge in [-0.1, -0.05) is 19.1 Å². The second-order valence-corrected chi connectivity index (χ2v) is 12.2. The van der Waals surface area contributed by atoms with Gasteiger partial charge in [-0.15, -0.1) is 0 Å². The molecule has 1 aliphatic heterocycles. The average Bonchev–Trinajstić information content (AvgIpc) is 3.01. The molecule has 0 saturated heterocycles. The van der Waals surface area contributed by atoms with Gasteiger partial charge in [-0.05, 0) is 76.1 Å². The van der Waals surface area contributed by atoms with E-state index in [2.05, 4.69) is 10.2 Å². The van der Waals surface area contributed by atoms with E-state index < -0.39 is 36.9 Å². The zero-order valence-corrected chi connectivity index (χ0v) is 27.4. The molecule has 3 rings (SSSR count). The van der Waals surface area contributed by atoms with Crippen LogP contribution in [0.1, 0.15) is 68.8 Å². The van der Waals surface area contributed by atoms with Crippen molar-refractivity contribution in [3.8, 4) is 11.5 Å². The maximum Gasteiger partial charge on any atom is 0.389 e. The smallest absolute Gasteiger partial charge is 0.389 e. The van der Waals surface area contributed by atoms with E-state index in [0.717, 1.165) is 24.2 Å². The molecule has 1 heterocycles. The van der Waals surface area contributed by atoms with Gasteiger partial charge in [0.2, 0.25) is 5.91 Å². The number of halogens is 3. The molecule has 2 amide bonds. The molecular formula is C34H48F3N3O6. The van der Waals surface area contributed by atoms with E-state index in [-0.39, 0.29) is 42.5 Å². The largest absolute Gasteiger partial charge is 0.497 e. The lowest BCUT2D eigenvalue weighted by Gasteiger charge is -2.36. The van der Waals surface area contributed by atoms with Crippen LogP contribution >= 0.6 is 0 Å². The minimum atomic E-state index is -4.46. The summed E-state index contributed by atoms with van der Waals surface area (Å²) in [4.78, 5) is 30.2. The summed E-state index contributed by atoms with van der Waals surface area (Å²) in [6, 6.07) is 11.8. The fraction of sp³-hybridized carbons (Fsp3) is 0.588. The highest BCUT2D eigenvalue weighted by molar-refractivity contribution is 5.99. The van der Waals surface area contributed by atoms with Gasteiger partial charge < -0.3 is 29.5 Å². The van der Waals surface area contributed by atoms with Crippen LogP contribution in [-0.4, -0.2) is 91.6 Å². The molecule has 9 nitrogen and oxygen atoms in total. The van der Waals surface area contributed by atoms with E-state index in [1.165, 1.54) is 12.1 Å². The first-order valence-corrected chi connectivity index (χ1v) is 15.8. The molecule has 1 aliphatic rings. The number of aliphatic hydroxyl groups excluding tert-OH is 1. The normalized spacial score (nSPS) is 20.8. The first kappa shape index (κ1) is 37.1. The molecule has 0 unspecified atom stereocenters. The number of nitrogens with zero attached hydrogens (tertiary/aromatic N) is 2. The highest BCUT2D eigenvalue weighted by atomic mass is 19.4. The van der Waals surface area contributed by atoms with Crippen LogP contribution in [0.5, 0.6) is 11.5 Å². The Balaban J connectivity index is 1.87. The number of hydrogen-bond donors (Lipinski definition) is 2. The van der Waals surface area contributed by atoms with Gasteiger partial charge in [0.1, 0.15) is 11.5 Å². The second-order valence-electron chi connectivity index (χ2n) is 12.2. The van der Waals surface area contributed by atoms with Gasteiger partial charge in [-0.25, -0.2) is 0 Å². The molecule has 0 aliphatic carbocycles. The molecule has 2 aromatic carbocycles. The van der Waals surface area contributed by atoms with Crippen molar-refractivity contribution in [3.05, 3.63) is 53.6 Å². The molecule has 256 valence electrons. The molecule has 0 aromatic heterocycles. The first-order valence-electron chi connectivity index (χ1n) is 15.8. The van der Waals surface area contributed by atoms with Gasteiger partial charge in [0.25, 0.3) is 5.91 Å². The molecule has 4 atom stereocenters. The van der Waals surface area contributed by atoms with E-state index in [4.69, 9.17) is 14.2 Å². The van der Waals surface area contributed by atoms with Crippen LogP contribution in [0.15, 0.2) is 42.5 Å². The lowest BCUT2D eigenvalue weighted by Crippen LogP contribution is -2.47. The topological polar surface area (TPSA) is 101 Å². The Kier molecular flexibility index (Phi) is 14.1. The number of methoxy groups -OCH3 is 1. The fourth-order valence-corrected chi connectivity index (χ4v) is 5.36. The van der Waals surface area contributed by atoms with E-state index in [0.29, 0.717) is 31.9 Å². The molecule has 0 bridgehead atoms. The number of nitrogens with one attached hydrogen (secondary N) is 1. The van der Waals surface area contributed by atoms with Crippen molar-refractivity contribution in [3.63, 3.8) is 0 Å². The van der Waals surface area contributed by atoms with Crippen LogP contribution in [0.3, 0.4) is 0 Å². The molecule has 0 radical (unpaired) electrons. The highest BCUT2D eigenvalue weighted by Gasteiger charge is 2.31. The van der Waals surface area contributed by atoms with Crippen molar-refractivity contribution in [2.75, 3.05) is 45.8 Å². The predicted octanol–water partition coefficient (Wildman–Crippen LogP) is 5.90. The zero-order chi connectivity index (χ0) is 33.9. The summed E-state index contributed by atoms with van der Waals surface area (Å²) in [7, 11) is 3.65. The minimum Gasteiger partial charge on any atom is -0.497 e. The van der Waals surface area contributed by atoms with Crippen LogP contribution in [0.25, 0.3) is 0 Å². The predicted molar refractivity (Wildman–Crippen MR) is 170 cm³/mol. The quantitative estimate of drug-likeness (QED) is 0.330. The molecule has 12 heteroatoms. The average molecular weight is 652 g/mol. The highest BCUT2D eigenvalue weighted by Crippen LogP contribution is 2.29. The number of aliphatic hydroxyl groups is 1. The van der Waals surface area contributed by atoms with E-state index in [1.807, 2.05) is 45.2 Å². The van der Waals surface area contributed by atoms with E-state index >= 15 is 0 Å². The summed E-state index contributed by atoms with van der Waals surface area (Å²) in [6.07, 6.45) is -4.53. The molecule has 46 heavy (non-hydrogen) atoms. The third-order valence-corrected chi connectivity index (χ3v) is 8.07. The van der Waals surface area contributed by atoms with E-state index in [9.17, 15) is 27.9 Å². The number of anilines is 1. The number of likely N-dealkylation sites (N-methyl/N-ethyl adjacent to an activating group) is 1. The number of rotatable bonds is 10. The Morgan fingerprint density at radius 1 is 1.17 bits per heavy atom. The Labute approximate surface area is 270 Å². The van der Waals surface area contributed by atoms with Crippen molar-refractivity contribution in [2.24, 2.45) is 5.92 Å². The number of carbonyl (C=O) groups is 2. The van der Waals surface area contributed by atoms with Crippen molar-refractivity contribution in [2.45, 2.75) is 83.8 Å². The number of benzene rings is 2. The van der Waals surface area contributed by atoms with Crippen LogP contribution in [0, 0.1) is 5.92 Å². The SMILES string of the molecule is COc1ccc(CN(C)C[C@H]2OCCCC[C@@H](C)Oc3ccc(NC(=O)CCC(F)(F)F)cc3C(=O)N([C@@H](C)CO)C[C@@H]2C)cc1. The molecule has 0 saturated carbocycles. The number of fused-ring (bicyclic) bond motifs is 1. The van der Waals surface area contributed by atoms with Gasteiger partial charge in [0, 0.05) is 44.3 Å².